The van der Waals surface area contributed by atoms with E-state index in [0.29, 0.717) is 12.5 Å². The molecule has 1 aromatic carbocycles. The molecular formula is C16H22F2N2O. The molecule has 2 rings (SSSR count). The van der Waals surface area contributed by atoms with Gasteiger partial charge in [-0.1, -0.05) is 32.6 Å². The minimum atomic E-state index is -0.987. The van der Waals surface area contributed by atoms with Crippen molar-refractivity contribution in [3.8, 4) is 0 Å². The van der Waals surface area contributed by atoms with Crippen LogP contribution < -0.4 is 11.1 Å². The van der Waals surface area contributed by atoms with Crippen molar-refractivity contribution in [3.63, 3.8) is 0 Å². The van der Waals surface area contributed by atoms with Crippen molar-refractivity contribution in [1.82, 2.24) is 5.32 Å². The number of nitrogen functional groups attached to an aromatic ring is 1. The second-order valence-electron chi connectivity index (χ2n) is 6.00. The number of carbonyl (C=O) groups is 1. The second-order valence-corrected chi connectivity index (χ2v) is 6.00. The Morgan fingerprint density at radius 1 is 1.29 bits per heavy atom. The Labute approximate surface area is 123 Å². The van der Waals surface area contributed by atoms with Crippen LogP contribution in [0.25, 0.3) is 0 Å². The third kappa shape index (κ3) is 3.93. The Kier molecular flexibility index (Phi) is 5.15. The molecule has 5 heteroatoms. The van der Waals surface area contributed by atoms with Crippen molar-refractivity contribution in [2.24, 2.45) is 11.8 Å². The zero-order valence-corrected chi connectivity index (χ0v) is 12.3. The summed E-state index contributed by atoms with van der Waals surface area (Å²) in [4.78, 5) is 11.9. The van der Waals surface area contributed by atoms with Gasteiger partial charge in [-0.25, -0.2) is 8.78 Å². The van der Waals surface area contributed by atoms with E-state index < -0.39 is 23.1 Å². The first-order valence-corrected chi connectivity index (χ1v) is 7.50. The van der Waals surface area contributed by atoms with Gasteiger partial charge in [-0.2, -0.15) is 0 Å². The summed E-state index contributed by atoms with van der Waals surface area (Å²) >= 11 is 0. The lowest BCUT2D eigenvalue weighted by Gasteiger charge is -2.26. The second kappa shape index (κ2) is 6.87. The molecule has 1 aromatic rings. The molecule has 0 saturated heterocycles. The van der Waals surface area contributed by atoms with Crippen LogP contribution in [0, 0.1) is 23.5 Å². The molecule has 1 saturated carbocycles. The molecule has 21 heavy (non-hydrogen) atoms. The van der Waals surface area contributed by atoms with E-state index in [1.165, 1.54) is 12.8 Å². The first kappa shape index (κ1) is 15.7. The molecule has 0 bridgehead atoms. The van der Waals surface area contributed by atoms with Gasteiger partial charge < -0.3 is 11.1 Å². The summed E-state index contributed by atoms with van der Waals surface area (Å²) in [5.41, 5.74) is 4.55. The number of benzene rings is 1. The third-order valence-electron chi connectivity index (χ3n) is 4.32. The minimum absolute atomic E-state index is 0.220. The van der Waals surface area contributed by atoms with E-state index in [1.54, 1.807) is 0 Å². The van der Waals surface area contributed by atoms with Crippen LogP contribution in [0.15, 0.2) is 12.1 Å². The maximum absolute atomic E-state index is 13.7. The van der Waals surface area contributed by atoms with Gasteiger partial charge in [-0.3, -0.25) is 4.79 Å². The molecule has 0 unspecified atom stereocenters. The van der Waals surface area contributed by atoms with E-state index in [9.17, 15) is 13.6 Å². The van der Waals surface area contributed by atoms with Gasteiger partial charge in [0.1, 0.15) is 11.4 Å². The highest BCUT2D eigenvalue weighted by atomic mass is 19.1. The van der Waals surface area contributed by atoms with Gasteiger partial charge in [0.2, 0.25) is 0 Å². The molecule has 0 aromatic heterocycles. The Morgan fingerprint density at radius 3 is 2.62 bits per heavy atom. The monoisotopic (exact) mass is 296 g/mol. The number of carbonyl (C=O) groups excluding carboxylic acids is 1. The molecule has 1 aliphatic carbocycles. The van der Waals surface area contributed by atoms with Gasteiger partial charge in [0.15, 0.2) is 5.82 Å². The summed E-state index contributed by atoms with van der Waals surface area (Å²) in [7, 11) is 0. The van der Waals surface area contributed by atoms with Crippen LogP contribution in [-0.2, 0) is 0 Å². The number of amides is 1. The summed E-state index contributed by atoms with van der Waals surface area (Å²) in [5.74, 6) is -1.23. The van der Waals surface area contributed by atoms with Crippen LogP contribution in [0.2, 0.25) is 0 Å². The van der Waals surface area contributed by atoms with E-state index in [4.69, 9.17) is 5.73 Å². The maximum Gasteiger partial charge on any atom is 0.257 e. The Bertz CT molecular complexity index is 511. The summed E-state index contributed by atoms with van der Waals surface area (Å²) in [6.45, 7) is 2.69. The minimum Gasteiger partial charge on any atom is -0.396 e. The molecule has 0 heterocycles. The molecule has 0 radical (unpaired) electrons. The predicted octanol–water partition coefficient (Wildman–Crippen LogP) is 3.49. The number of nitrogens with one attached hydrogen (secondary N) is 1. The van der Waals surface area contributed by atoms with E-state index in [0.717, 1.165) is 37.3 Å². The molecule has 3 nitrogen and oxygen atoms in total. The largest absolute Gasteiger partial charge is 0.396 e. The average Bonchev–Trinajstić information content (AvgIpc) is 2.45. The average molecular weight is 296 g/mol. The van der Waals surface area contributed by atoms with Crippen LogP contribution >= 0.6 is 0 Å². The highest BCUT2D eigenvalue weighted by Crippen LogP contribution is 2.30. The third-order valence-corrected chi connectivity index (χ3v) is 4.32. The van der Waals surface area contributed by atoms with Gasteiger partial charge >= 0.3 is 0 Å². The Balaban J connectivity index is 1.86. The number of nitrogens with two attached hydrogens (primary N) is 1. The van der Waals surface area contributed by atoms with E-state index >= 15 is 0 Å². The lowest BCUT2D eigenvalue weighted by molar-refractivity contribution is 0.0941. The quantitative estimate of drug-likeness (QED) is 0.836. The SMILES string of the molecule is CC1CCC(CCNC(=O)c2c(F)ccc(N)c2F)CC1. The standard InChI is InChI=1S/C16H22F2N2O/c1-10-2-4-11(5-3-10)8-9-20-16(21)14-12(17)6-7-13(19)15(14)18/h6-7,10-11H,2-5,8-9,19H2,1H3,(H,20,21). The van der Waals surface area contributed by atoms with E-state index in [-0.39, 0.29) is 5.69 Å². The topological polar surface area (TPSA) is 55.1 Å². The fourth-order valence-corrected chi connectivity index (χ4v) is 2.87. The van der Waals surface area contributed by atoms with Crippen LogP contribution in [0.3, 0.4) is 0 Å². The van der Waals surface area contributed by atoms with E-state index in [1.807, 2.05) is 0 Å². The molecule has 1 aliphatic rings. The molecule has 0 atom stereocenters. The number of rotatable bonds is 4. The first-order chi connectivity index (χ1) is 9.99. The van der Waals surface area contributed by atoms with Crippen molar-refractivity contribution in [2.75, 3.05) is 12.3 Å². The zero-order chi connectivity index (χ0) is 15.4. The summed E-state index contributed by atoms with van der Waals surface area (Å²) in [6, 6.07) is 2.13. The number of hydrogen-bond donors (Lipinski definition) is 2. The smallest absolute Gasteiger partial charge is 0.257 e. The van der Waals surface area contributed by atoms with Gasteiger partial charge in [-0.15, -0.1) is 0 Å². The molecule has 3 N–H and O–H groups in total. The zero-order valence-electron chi connectivity index (χ0n) is 12.3. The van der Waals surface area contributed by atoms with Crippen molar-refractivity contribution in [1.29, 1.82) is 0 Å². The molecule has 0 aliphatic heterocycles. The Hall–Kier alpha value is -1.65. The fourth-order valence-electron chi connectivity index (χ4n) is 2.87. The molecule has 1 fully saturated rings. The molecule has 116 valence electrons. The van der Waals surface area contributed by atoms with Crippen molar-refractivity contribution in [3.05, 3.63) is 29.3 Å². The summed E-state index contributed by atoms with van der Waals surface area (Å²) < 4.78 is 27.3. The van der Waals surface area contributed by atoms with Crippen LogP contribution in [-0.4, -0.2) is 12.5 Å². The predicted molar refractivity (Wildman–Crippen MR) is 78.8 cm³/mol. The number of hydrogen-bond acceptors (Lipinski definition) is 2. The summed E-state index contributed by atoms with van der Waals surface area (Å²) in [6.07, 6.45) is 5.62. The summed E-state index contributed by atoms with van der Waals surface area (Å²) in [5, 5.41) is 2.59. The van der Waals surface area contributed by atoms with Crippen molar-refractivity contribution in [2.45, 2.75) is 39.0 Å². The van der Waals surface area contributed by atoms with Gasteiger partial charge in [0.05, 0.1) is 5.69 Å². The highest BCUT2D eigenvalue weighted by molar-refractivity contribution is 5.95. The first-order valence-electron chi connectivity index (χ1n) is 7.50. The lowest BCUT2D eigenvalue weighted by Crippen LogP contribution is -2.28. The molecule has 1 amide bonds. The van der Waals surface area contributed by atoms with Gasteiger partial charge in [0, 0.05) is 6.54 Å². The van der Waals surface area contributed by atoms with Crippen molar-refractivity contribution < 1.29 is 13.6 Å². The van der Waals surface area contributed by atoms with Gasteiger partial charge in [-0.05, 0) is 30.4 Å². The fraction of sp³-hybridized carbons (Fsp3) is 0.562. The van der Waals surface area contributed by atoms with E-state index in [2.05, 4.69) is 12.2 Å². The molecular weight excluding hydrogens is 274 g/mol. The molecule has 0 spiro atoms. The highest BCUT2D eigenvalue weighted by Gasteiger charge is 2.21. The van der Waals surface area contributed by atoms with Crippen molar-refractivity contribution >= 4 is 11.6 Å². The van der Waals surface area contributed by atoms with Crippen LogP contribution in [0.1, 0.15) is 49.4 Å². The Morgan fingerprint density at radius 2 is 1.95 bits per heavy atom. The van der Waals surface area contributed by atoms with Crippen LogP contribution in [0.4, 0.5) is 14.5 Å². The normalized spacial score (nSPS) is 22.0. The lowest BCUT2D eigenvalue weighted by atomic mass is 9.81. The maximum atomic E-state index is 13.7. The van der Waals surface area contributed by atoms with Gasteiger partial charge in [0.25, 0.3) is 5.91 Å². The number of halogens is 2. The number of anilines is 1. The van der Waals surface area contributed by atoms with Crippen LogP contribution in [0.5, 0.6) is 0 Å².